The normalized spacial score (nSPS) is 16.1. The molecule has 0 bridgehead atoms. The fourth-order valence-electron chi connectivity index (χ4n) is 3.09. The maximum absolute atomic E-state index is 12.6. The zero-order valence-corrected chi connectivity index (χ0v) is 13.5. The van der Waals surface area contributed by atoms with Gasteiger partial charge in [0.2, 0.25) is 0 Å². The van der Waals surface area contributed by atoms with E-state index < -0.39 is 5.97 Å². The van der Waals surface area contributed by atoms with Crippen molar-refractivity contribution in [3.63, 3.8) is 0 Å². The Hall–Kier alpha value is -2.82. The van der Waals surface area contributed by atoms with Gasteiger partial charge in [0, 0.05) is 5.69 Å². The first kappa shape index (κ1) is 16.1. The van der Waals surface area contributed by atoms with Crippen LogP contribution in [0.15, 0.2) is 42.5 Å². The number of hydrogen-bond donors (Lipinski definition) is 1. The van der Waals surface area contributed by atoms with Crippen LogP contribution in [0.25, 0.3) is 0 Å². The van der Waals surface area contributed by atoms with Crippen molar-refractivity contribution in [3.8, 4) is 5.75 Å². The highest BCUT2D eigenvalue weighted by Gasteiger charge is 2.29. The molecule has 0 heterocycles. The molecule has 124 valence electrons. The highest BCUT2D eigenvalue weighted by molar-refractivity contribution is 5.89. The second kappa shape index (κ2) is 6.74. The van der Waals surface area contributed by atoms with Crippen molar-refractivity contribution >= 4 is 17.6 Å². The Bertz CT molecular complexity index is 767. The zero-order chi connectivity index (χ0) is 17.1. The van der Waals surface area contributed by atoms with Crippen molar-refractivity contribution in [2.45, 2.75) is 25.2 Å². The Morgan fingerprint density at radius 1 is 1.12 bits per heavy atom. The van der Waals surface area contributed by atoms with Gasteiger partial charge in [-0.3, -0.25) is 4.79 Å². The highest BCUT2D eigenvalue weighted by atomic mass is 16.5. The number of rotatable bonds is 3. The summed E-state index contributed by atoms with van der Waals surface area (Å²) in [4.78, 5) is 24.0. The molecule has 0 saturated carbocycles. The fraction of sp³-hybridized carbons (Fsp3) is 0.263. The van der Waals surface area contributed by atoms with Gasteiger partial charge >= 0.3 is 11.9 Å². The molecule has 0 amide bonds. The molecule has 0 aromatic heterocycles. The maximum Gasteiger partial charge on any atom is 0.337 e. The minimum absolute atomic E-state index is 0.299. The van der Waals surface area contributed by atoms with Crippen molar-refractivity contribution in [2.75, 3.05) is 12.8 Å². The SMILES string of the molecule is COC(=O)c1ccc(OC(=O)C2CCCc3c(N)cccc32)cc1. The van der Waals surface area contributed by atoms with E-state index in [1.54, 1.807) is 24.3 Å². The van der Waals surface area contributed by atoms with Gasteiger partial charge in [0.05, 0.1) is 18.6 Å². The van der Waals surface area contributed by atoms with E-state index in [0.717, 1.165) is 36.1 Å². The molecular formula is C19H19NO4. The van der Waals surface area contributed by atoms with Crippen LogP contribution in [0, 0.1) is 0 Å². The third-order valence-corrected chi connectivity index (χ3v) is 4.32. The first-order valence-electron chi connectivity index (χ1n) is 7.87. The molecule has 0 fully saturated rings. The molecule has 3 rings (SSSR count). The summed E-state index contributed by atoms with van der Waals surface area (Å²) in [6.45, 7) is 0. The van der Waals surface area contributed by atoms with Crippen molar-refractivity contribution in [1.29, 1.82) is 0 Å². The van der Waals surface area contributed by atoms with E-state index in [4.69, 9.17) is 10.5 Å². The zero-order valence-electron chi connectivity index (χ0n) is 13.5. The van der Waals surface area contributed by atoms with Gasteiger partial charge in [0.1, 0.15) is 5.75 Å². The van der Waals surface area contributed by atoms with Crippen molar-refractivity contribution in [3.05, 3.63) is 59.2 Å². The predicted molar refractivity (Wildman–Crippen MR) is 89.9 cm³/mol. The number of nitrogens with two attached hydrogens (primary N) is 1. The van der Waals surface area contributed by atoms with Crippen LogP contribution in [-0.2, 0) is 16.0 Å². The molecule has 0 radical (unpaired) electrons. The van der Waals surface area contributed by atoms with E-state index in [2.05, 4.69) is 4.74 Å². The maximum atomic E-state index is 12.6. The average molecular weight is 325 g/mol. The lowest BCUT2D eigenvalue weighted by molar-refractivity contribution is -0.136. The summed E-state index contributed by atoms with van der Waals surface area (Å²) in [6.07, 6.45) is 2.54. The van der Waals surface area contributed by atoms with Crippen molar-refractivity contribution < 1.29 is 19.1 Å². The molecule has 1 atom stereocenters. The number of fused-ring (bicyclic) bond motifs is 1. The summed E-state index contributed by atoms with van der Waals surface area (Å²) in [5.41, 5.74) is 9.16. The van der Waals surface area contributed by atoms with Crippen LogP contribution in [0.4, 0.5) is 5.69 Å². The quantitative estimate of drug-likeness (QED) is 0.533. The van der Waals surface area contributed by atoms with E-state index >= 15 is 0 Å². The molecule has 2 aromatic carbocycles. The molecule has 5 nitrogen and oxygen atoms in total. The first-order valence-corrected chi connectivity index (χ1v) is 7.87. The van der Waals surface area contributed by atoms with E-state index in [-0.39, 0.29) is 11.9 Å². The van der Waals surface area contributed by atoms with Crippen LogP contribution in [0.5, 0.6) is 5.75 Å². The predicted octanol–water partition coefficient (Wildman–Crippen LogP) is 3.08. The molecule has 5 heteroatoms. The molecular weight excluding hydrogens is 306 g/mol. The van der Waals surface area contributed by atoms with E-state index in [1.165, 1.54) is 7.11 Å². The van der Waals surface area contributed by atoms with Crippen LogP contribution in [-0.4, -0.2) is 19.0 Å². The number of esters is 2. The Kier molecular flexibility index (Phi) is 4.51. The standard InChI is InChI=1S/C19H19NO4/c1-23-18(21)12-8-10-13(11-9-12)24-19(22)16-6-2-5-15-14(16)4-3-7-17(15)20/h3-4,7-11,16H,2,5-6,20H2,1H3. The number of carbonyl (C=O) groups is 2. The minimum Gasteiger partial charge on any atom is -0.465 e. The van der Waals surface area contributed by atoms with E-state index in [0.29, 0.717) is 11.3 Å². The second-order valence-corrected chi connectivity index (χ2v) is 5.80. The summed E-state index contributed by atoms with van der Waals surface area (Å²) < 4.78 is 10.1. The van der Waals surface area contributed by atoms with Gasteiger partial charge in [-0.05, 0) is 60.7 Å². The monoisotopic (exact) mass is 325 g/mol. The molecule has 1 aliphatic rings. The minimum atomic E-state index is -0.426. The average Bonchev–Trinajstić information content (AvgIpc) is 2.61. The second-order valence-electron chi connectivity index (χ2n) is 5.80. The molecule has 2 N–H and O–H groups in total. The third kappa shape index (κ3) is 3.11. The van der Waals surface area contributed by atoms with Gasteiger partial charge in [-0.1, -0.05) is 12.1 Å². The van der Waals surface area contributed by atoms with Crippen LogP contribution in [0.1, 0.15) is 40.2 Å². The third-order valence-electron chi connectivity index (χ3n) is 4.32. The lowest BCUT2D eigenvalue weighted by atomic mass is 9.82. The van der Waals surface area contributed by atoms with Gasteiger partial charge in [-0.25, -0.2) is 4.79 Å². The molecule has 24 heavy (non-hydrogen) atoms. The molecule has 0 aliphatic heterocycles. The van der Waals surface area contributed by atoms with Gasteiger partial charge in [0.15, 0.2) is 0 Å². The topological polar surface area (TPSA) is 78.6 Å². The Labute approximate surface area is 140 Å². The van der Waals surface area contributed by atoms with E-state index in [9.17, 15) is 9.59 Å². The summed E-state index contributed by atoms with van der Waals surface area (Å²) in [5.74, 6) is -0.627. The summed E-state index contributed by atoms with van der Waals surface area (Å²) in [6, 6.07) is 12.0. The number of nitrogen functional groups attached to an aromatic ring is 1. The lowest BCUT2D eigenvalue weighted by Gasteiger charge is -2.25. The van der Waals surface area contributed by atoms with Gasteiger partial charge < -0.3 is 15.2 Å². The Morgan fingerprint density at radius 2 is 1.88 bits per heavy atom. The first-order chi connectivity index (χ1) is 11.6. The lowest BCUT2D eigenvalue weighted by Crippen LogP contribution is -2.23. The number of carbonyl (C=O) groups excluding carboxylic acids is 2. The highest BCUT2D eigenvalue weighted by Crippen LogP contribution is 2.35. The molecule has 0 saturated heterocycles. The summed E-state index contributed by atoms with van der Waals surface area (Å²) in [5, 5.41) is 0. The van der Waals surface area contributed by atoms with Crippen molar-refractivity contribution in [1.82, 2.24) is 0 Å². The summed E-state index contributed by atoms with van der Waals surface area (Å²) >= 11 is 0. The van der Waals surface area contributed by atoms with E-state index in [1.807, 2.05) is 18.2 Å². The van der Waals surface area contributed by atoms with Crippen LogP contribution in [0.3, 0.4) is 0 Å². The van der Waals surface area contributed by atoms with Crippen LogP contribution >= 0.6 is 0 Å². The smallest absolute Gasteiger partial charge is 0.337 e. The van der Waals surface area contributed by atoms with Gasteiger partial charge in [-0.2, -0.15) is 0 Å². The van der Waals surface area contributed by atoms with Gasteiger partial charge in [0.25, 0.3) is 0 Å². The van der Waals surface area contributed by atoms with Crippen molar-refractivity contribution in [2.24, 2.45) is 0 Å². The number of ether oxygens (including phenoxy) is 2. The number of hydrogen-bond acceptors (Lipinski definition) is 5. The fourth-order valence-corrected chi connectivity index (χ4v) is 3.09. The van der Waals surface area contributed by atoms with Crippen LogP contribution in [0.2, 0.25) is 0 Å². The Morgan fingerprint density at radius 3 is 2.58 bits per heavy atom. The molecule has 1 unspecified atom stereocenters. The number of methoxy groups -OCH3 is 1. The number of benzene rings is 2. The molecule has 1 aliphatic carbocycles. The largest absolute Gasteiger partial charge is 0.465 e. The van der Waals surface area contributed by atoms with Crippen LogP contribution < -0.4 is 10.5 Å². The van der Waals surface area contributed by atoms with Gasteiger partial charge in [-0.15, -0.1) is 0 Å². The number of anilines is 1. The Balaban J connectivity index is 1.77. The molecule has 2 aromatic rings. The summed E-state index contributed by atoms with van der Waals surface area (Å²) in [7, 11) is 1.32. The molecule has 0 spiro atoms.